The van der Waals surface area contributed by atoms with E-state index in [1.54, 1.807) is 138 Å². The minimum Gasteiger partial charge on any atom is -0.468 e. The van der Waals surface area contributed by atoms with E-state index in [0.717, 1.165) is 24.0 Å². The molecule has 1 saturated heterocycles. The number of carbonyl (C=O) groups excluding carboxylic acids is 4. The van der Waals surface area contributed by atoms with Crippen molar-refractivity contribution in [3.8, 4) is 142 Å². The molecule has 0 saturated carbocycles. The monoisotopic (exact) mass is 1490 g/mol. The Morgan fingerprint density at radius 1 is 0.505 bits per heavy atom. The van der Waals surface area contributed by atoms with Crippen molar-refractivity contribution in [2.24, 2.45) is 16.2 Å². The average molecular weight is 1490 g/mol. The van der Waals surface area contributed by atoms with Crippen LogP contribution in [0.3, 0.4) is 0 Å². The molecule has 0 radical (unpaired) electrons. The molecule has 0 atom stereocenters. The Balaban J connectivity index is -0.00000120. The standard InChI is InChI=1S/C21H20O2S.C15H17NO2S.C14H16O4.C13H16O4.C13H20O2.C8H10O.O2S/c1-3-5-17-21(18-6-4-2,19-13-9-7-10-14-19)24(22,23)20-15-11-8-12-16-20;1-4-6-12-16(13-7-5-2)19(17,18)15-10-8-14(3)9-11-15;1-5-7-9-14(10-8-6-2)11(15)17-13(3,4)18-12(14)16;1-4-6-8-13(9-7-5-2,10-17-11-14)12(15)16-3;1-5-7-9-13(11-14-3,12-15-4)10-8-6-2;1-3-5-7-9-8-6-4-2;1-3-2/h7-16H,17-18H2,1-2H3;8-11H,12-13H2,1-3H3;9-10H2,1-4H3;11H,8-10H2,1-3H3;9-12H2,1-4H3;7-8H2,1-2H3;. The zero-order chi connectivity index (χ0) is 80.0. The molecule has 1 aliphatic rings. The third kappa shape index (κ3) is 37.2. The highest BCUT2D eigenvalue weighted by Gasteiger charge is 2.55. The summed E-state index contributed by atoms with van der Waals surface area (Å²) in [5, 5.41) is 0. The molecular formula is C84H99NO17S3. The van der Waals surface area contributed by atoms with Crippen molar-refractivity contribution in [3.05, 3.63) is 96.1 Å². The largest absolute Gasteiger partial charge is 0.468 e. The molecule has 1 aliphatic heterocycles. The summed E-state index contributed by atoms with van der Waals surface area (Å²) in [6, 6.07) is 24.6. The molecule has 18 nitrogen and oxygen atoms in total. The van der Waals surface area contributed by atoms with Gasteiger partial charge in [-0.05, 0) is 120 Å². The number of carbonyl (C=O) groups is 4. The predicted octanol–water partition coefficient (Wildman–Crippen LogP) is 11.5. The number of methoxy groups -OCH3 is 3. The van der Waals surface area contributed by atoms with Crippen molar-refractivity contribution in [2.45, 2.75) is 176 Å². The van der Waals surface area contributed by atoms with Gasteiger partial charge in [-0.15, -0.1) is 118 Å². The Kier molecular flexibility index (Phi) is 54.9. The number of sulfonamides is 1. The van der Waals surface area contributed by atoms with Gasteiger partial charge in [0.05, 0.1) is 43.2 Å². The molecule has 0 spiro atoms. The predicted molar refractivity (Wildman–Crippen MR) is 411 cm³/mol. The van der Waals surface area contributed by atoms with Crippen molar-refractivity contribution in [1.82, 2.24) is 4.31 Å². The van der Waals surface area contributed by atoms with Gasteiger partial charge in [0.2, 0.25) is 10.0 Å². The van der Waals surface area contributed by atoms with Crippen LogP contribution in [0.5, 0.6) is 0 Å². The average Bonchev–Trinajstić information content (AvgIpc) is 0.753. The first-order valence-corrected chi connectivity index (χ1v) is 36.1. The first-order valence-electron chi connectivity index (χ1n) is 32.5. The van der Waals surface area contributed by atoms with E-state index in [2.05, 4.69) is 142 Å². The number of benzene rings is 3. The van der Waals surface area contributed by atoms with Crippen molar-refractivity contribution < 1.29 is 77.6 Å². The lowest BCUT2D eigenvalue weighted by Gasteiger charge is -2.38. The van der Waals surface area contributed by atoms with Crippen LogP contribution in [0.2, 0.25) is 0 Å². The fraction of sp³-hybridized carbons (Fsp3) is 0.452. The van der Waals surface area contributed by atoms with Crippen LogP contribution >= 0.6 is 0 Å². The van der Waals surface area contributed by atoms with Gasteiger partial charge in [0.25, 0.3) is 12.3 Å². The Bertz CT molecular complexity index is 4120. The Morgan fingerprint density at radius 3 is 1.24 bits per heavy atom. The van der Waals surface area contributed by atoms with Crippen LogP contribution in [0.4, 0.5) is 0 Å². The quantitative estimate of drug-likeness (QED) is 0.0191. The zero-order valence-electron chi connectivity index (χ0n) is 63.9. The maximum atomic E-state index is 13.5. The number of ether oxygens (including phenoxy) is 7. The highest BCUT2D eigenvalue weighted by atomic mass is 32.2. The highest BCUT2D eigenvalue weighted by molar-refractivity contribution is 7.92. The first-order chi connectivity index (χ1) is 50.2. The molecule has 0 unspecified atom stereocenters. The molecule has 105 heavy (non-hydrogen) atoms. The molecule has 4 rings (SSSR count). The van der Waals surface area contributed by atoms with Gasteiger partial charge < -0.3 is 33.2 Å². The third-order valence-corrected chi connectivity index (χ3v) is 18.5. The summed E-state index contributed by atoms with van der Waals surface area (Å²) in [4.78, 5) is 46.8. The topological polar surface area (TPSA) is 239 Å². The minimum atomic E-state index is -3.67. The van der Waals surface area contributed by atoms with E-state index >= 15 is 0 Å². The van der Waals surface area contributed by atoms with Gasteiger partial charge in [0.1, 0.15) is 30.0 Å². The normalized spacial score (nSPS) is 11.3. The van der Waals surface area contributed by atoms with Crippen LogP contribution in [-0.4, -0.2) is 127 Å². The number of esters is 3. The molecule has 0 aromatic heterocycles. The maximum Gasteiger partial charge on any atom is 0.335 e. The Hall–Kier alpha value is -10.2. The summed E-state index contributed by atoms with van der Waals surface area (Å²) < 4.78 is 104. The van der Waals surface area contributed by atoms with Gasteiger partial charge in [0, 0.05) is 84.8 Å². The van der Waals surface area contributed by atoms with Crippen LogP contribution in [0.1, 0.15) is 159 Å². The van der Waals surface area contributed by atoms with E-state index < -0.39 is 70.7 Å². The second kappa shape index (κ2) is 58.2. The molecule has 21 heteroatoms. The van der Waals surface area contributed by atoms with Gasteiger partial charge in [-0.2, -0.15) is 12.7 Å². The minimum absolute atomic E-state index is 0.0614. The second-order valence-electron chi connectivity index (χ2n) is 22.2. The number of sulfone groups is 1. The smallest absolute Gasteiger partial charge is 0.335 e. The fourth-order valence-electron chi connectivity index (χ4n) is 8.70. The Morgan fingerprint density at radius 2 is 0.876 bits per heavy atom. The highest BCUT2D eigenvalue weighted by Crippen LogP contribution is 2.42. The zero-order valence-corrected chi connectivity index (χ0v) is 66.3. The number of rotatable bonds is 25. The summed E-state index contributed by atoms with van der Waals surface area (Å²) in [5.74, 6) is 64.4. The molecule has 3 aromatic carbocycles. The molecule has 1 fully saturated rings. The van der Waals surface area contributed by atoms with Crippen LogP contribution in [-0.2, 0) is 88.5 Å². The number of cyclic esters (lactones) is 2. The van der Waals surface area contributed by atoms with Crippen molar-refractivity contribution in [2.75, 3.05) is 67.5 Å². The molecular weight excluding hydrogens is 1390 g/mol. The van der Waals surface area contributed by atoms with Crippen molar-refractivity contribution >= 4 is 55.8 Å². The third-order valence-electron chi connectivity index (χ3n) is 14.2. The van der Waals surface area contributed by atoms with E-state index in [4.69, 9.17) is 41.6 Å². The first kappa shape index (κ1) is 99.0. The van der Waals surface area contributed by atoms with E-state index in [1.807, 2.05) is 51.1 Å². The van der Waals surface area contributed by atoms with Crippen LogP contribution in [0.25, 0.3) is 0 Å². The maximum absolute atomic E-state index is 13.5. The lowest BCUT2D eigenvalue weighted by atomic mass is 9.80. The van der Waals surface area contributed by atoms with Crippen molar-refractivity contribution in [1.29, 1.82) is 0 Å². The SMILES string of the molecule is CC#CCC(CC#CC)(COC)COC.CC#CCC(CC#CC)(COC=O)C(=O)OC.CC#CCC(CC#CC)(c1ccccc1)S(=O)(=O)c1ccccc1.CC#CCC1(CC#CC)C(=O)OC(C)(C)OC1=O.CC#CCN(CC#CC)S(=O)(=O)c1ccc(C)cc1.CC#CCOCC#CC.O=S=O. The second-order valence-corrected chi connectivity index (χ2v) is 26.5. The number of hydrogen-bond donors (Lipinski definition) is 0. The number of aryl methyl sites for hydroxylation is 1. The van der Waals surface area contributed by atoms with Gasteiger partial charge in [0.15, 0.2) is 15.3 Å². The summed E-state index contributed by atoms with van der Waals surface area (Å²) in [5.41, 5.74) is -0.759. The number of nitrogens with zero attached hydrogens (tertiary/aromatic N) is 1. The molecule has 0 amide bonds. The van der Waals surface area contributed by atoms with Gasteiger partial charge in [-0.1, -0.05) is 89.9 Å². The van der Waals surface area contributed by atoms with Gasteiger partial charge in [-0.25, -0.2) is 16.8 Å². The molecule has 0 bridgehead atoms. The van der Waals surface area contributed by atoms with E-state index in [1.165, 1.54) is 25.3 Å². The van der Waals surface area contributed by atoms with E-state index in [9.17, 15) is 36.0 Å². The lowest BCUT2D eigenvalue weighted by Crippen LogP contribution is -2.53. The lowest BCUT2D eigenvalue weighted by molar-refractivity contribution is -0.250. The summed E-state index contributed by atoms with van der Waals surface area (Å²) >= 11 is -0.750. The van der Waals surface area contributed by atoms with E-state index in [-0.39, 0.29) is 68.5 Å². The Labute approximate surface area is 631 Å². The number of hydrogen-bond acceptors (Lipinski definition) is 17. The molecule has 0 aliphatic carbocycles. The summed E-state index contributed by atoms with van der Waals surface area (Å²) in [6.45, 7) is 28.4. The van der Waals surface area contributed by atoms with Gasteiger partial charge >= 0.3 is 29.5 Å². The van der Waals surface area contributed by atoms with Gasteiger partial charge in [-0.3, -0.25) is 19.2 Å². The fourth-order valence-corrected chi connectivity index (χ4v) is 11.9. The van der Waals surface area contributed by atoms with Crippen LogP contribution in [0.15, 0.2) is 94.7 Å². The van der Waals surface area contributed by atoms with E-state index in [0.29, 0.717) is 37.8 Å². The van der Waals surface area contributed by atoms with Crippen molar-refractivity contribution in [3.63, 3.8) is 0 Å². The molecule has 3 aromatic rings. The summed E-state index contributed by atoms with van der Waals surface area (Å²) in [6.07, 6.45) is 2.56. The van der Waals surface area contributed by atoms with Crippen LogP contribution in [0, 0.1) is 165 Å². The molecule has 1 heterocycles. The van der Waals surface area contributed by atoms with Crippen LogP contribution < -0.4 is 0 Å². The molecule has 560 valence electrons. The summed E-state index contributed by atoms with van der Waals surface area (Å²) in [7, 11) is -2.52. The molecule has 0 N–H and O–H groups in total.